The normalized spacial score (nSPS) is 11.4. The number of halogens is 3. The molecule has 1 aromatic heterocycles. The molecule has 4 aromatic rings. The van der Waals surface area contributed by atoms with Gasteiger partial charge in [-0.2, -0.15) is 5.26 Å². The Bertz CT molecular complexity index is 1390. The SMILES string of the molecule is COc1cc(/C=C(/C#N)Cn2cnc3ccccc32)cc(I)c1OCc1ccc(Cl)cc1Cl. The number of nitriles is 1. The summed E-state index contributed by atoms with van der Waals surface area (Å²) in [6.07, 6.45) is 3.60. The third-order valence-corrected chi connectivity index (χ3v) is 6.38. The Morgan fingerprint density at radius 3 is 2.76 bits per heavy atom. The van der Waals surface area contributed by atoms with Crippen LogP contribution in [0.2, 0.25) is 10.0 Å². The van der Waals surface area contributed by atoms with E-state index in [2.05, 4.69) is 33.6 Å². The van der Waals surface area contributed by atoms with E-state index in [1.54, 1.807) is 25.6 Å². The quantitative estimate of drug-likeness (QED) is 0.170. The maximum Gasteiger partial charge on any atom is 0.174 e. The average molecular weight is 590 g/mol. The van der Waals surface area contributed by atoms with Crippen molar-refractivity contribution in [1.82, 2.24) is 9.55 Å². The number of fused-ring (bicyclic) bond motifs is 1. The first kappa shape index (κ1) is 23.4. The summed E-state index contributed by atoms with van der Waals surface area (Å²) < 4.78 is 14.4. The van der Waals surface area contributed by atoms with E-state index in [1.165, 1.54) is 0 Å². The summed E-state index contributed by atoms with van der Waals surface area (Å²) >= 11 is 14.4. The molecular weight excluding hydrogens is 572 g/mol. The molecule has 0 amide bonds. The third kappa shape index (κ3) is 5.44. The van der Waals surface area contributed by atoms with Gasteiger partial charge in [0.1, 0.15) is 6.61 Å². The molecule has 0 aliphatic carbocycles. The zero-order chi connectivity index (χ0) is 23.4. The smallest absolute Gasteiger partial charge is 0.174 e. The lowest BCUT2D eigenvalue weighted by Crippen LogP contribution is -2.01. The minimum absolute atomic E-state index is 0.273. The first-order valence-electron chi connectivity index (χ1n) is 9.93. The van der Waals surface area contributed by atoms with E-state index < -0.39 is 0 Å². The molecule has 0 saturated heterocycles. The van der Waals surface area contributed by atoms with Crippen LogP contribution in [0.25, 0.3) is 17.1 Å². The molecule has 8 heteroatoms. The predicted molar refractivity (Wildman–Crippen MR) is 140 cm³/mol. The van der Waals surface area contributed by atoms with Crippen LogP contribution >= 0.6 is 45.8 Å². The number of allylic oxidation sites excluding steroid dienone is 1. The first-order chi connectivity index (χ1) is 16.0. The highest BCUT2D eigenvalue weighted by Gasteiger charge is 2.13. The van der Waals surface area contributed by atoms with E-state index in [4.69, 9.17) is 32.7 Å². The number of methoxy groups -OCH3 is 1. The lowest BCUT2D eigenvalue weighted by atomic mass is 10.1. The number of hydrogen-bond donors (Lipinski definition) is 0. The fraction of sp³-hybridized carbons (Fsp3) is 0.120. The highest BCUT2D eigenvalue weighted by molar-refractivity contribution is 14.1. The molecule has 0 unspecified atom stereocenters. The van der Waals surface area contributed by atoms with Gasteiger partial charge in [-0.15, -0.1) is 0 Å². The Morgan fingerprint density at radius 1 is 1.18 bits per heavy atom. The van der Waals surface area contributed by atoms with E-state index in [0.717, 1.165) is 25.7 Å². The molecular formula is C25H18Cl2IN3O2. The van der Waals surface area contributed by atoms with Crippen LogP contribution < -0.4 is 9.47 Å². The van der Waals surface area contributed by atoms with Crippen LogP contribution in [0.4, 0.5) is 0 Å². The number of ether oxygens (including phenoxy) is 2. The van der Waals surface area contributed by atoms with Gasteiger partial charge in [0.25, 0.3) is 0 Å². The van der Waals surface area contributed by atoms with Gasteiger partial charge in [0, 0.05) is 21.2 Å². The number of nitrogens with zero attached hydrogens (tertiary/aromatic N) is 3. The van der Waals surface area contributed by atoms with Gasteiger partial charge in [0.2, 0.25) is 0 Å². The van der Waals surface area contributed by atoms with Crippen molar-refractivity contribution >= 4 is 62.9 Å². The summed E-state index contributed by atoms with van der Waals surface area (Å²) in [7, 11) is 1.59. The summed E-state index contributed by atoms with van der Waals surface area (Å²) in [5.74, 6) is 1.18. The second-order valence-electron chi connectivity index (χ2n) is 7.20. The monoisotopic (exact) mass is 589 g/mol. The van der Waals surface area contributed by atoms with Gasteiger partial charge in [0.15, 0.2) is 11.5 Å². The van der Waals surface area contributed by atoms with Gasteiger partial charge in [-0.25, -0.2) is 4.98 Å². The van der Waals surface area contributed by atoms with Crippen molar-refractivity contribution in [2.75, 3.05) is 7.11 Å². The van der Waals surface area contributed by atoms with Gasteiger partial charge in [0.05, 0.1) is 40.7 Å². The van der Waals surface area contributed by atoms with Crippen molar-refractivity contribution < 1.29 is 9.47 Å². The maximum absolute atomic E-state index is 9.73. The Hall–Kier alpha value is -2.73. The van der Waals surface area contributed by atoms with Gasteiger partial charge in [-0.3, -0.25) is 0 Å². The first-order valence-corrected chi connectivity index (χ1v) is 11.8. The summed E-state index contributed by atoms with van der Waals surface area (Å²) in [6, 6.07) is 19.2. The molecule has 0 aliphatic rings. The topological polar surface area (TPSA) is 60.1 Å². The Labute approximate surface area is 215 Å². The summed E-state index contributed by atoms with van der Waals surface area (Å²) in [5.41, 5.74) is 4.14. The van der Waals surface area contributed by atoms with Crippen molar-refractivity contribution in [1.29, 1.82) is 5.26 Å². The van der Waals surface area contributed by atoms with Crippen molar-refractivity contribution in [2.45, 2.75) is 13.2 Å². The minimum Gasteiger partial charge on any atom is -0.493 e. The molecule has 33 heavy (non-hydrogen) atoms. The minimum atomic E-state index is 0.273. The Kier molecular flexibility index (Phi) is 7.43. The van der Waals surface area contributed by atoms with Crippen molar-refractivity contribution in [3.05, 3.63) is 91.2 Å². The highest BCUT2D eigenvalue weighted by Crippen LogP contribution is 2.36. The summed E-state index contributed by atoms with van der Waals surface area (Å²) in [5, 5.41) is 10.8. The van der Waals surface area contributed by atoms with E-state index in [-0.39, 0.29) is 6.61 Å². The van der Waals surface area contributed by atoms with Gasteiger partial charge < -0.3 is 14.0 Å². The second kappa shape index (κ2) is 10.5. The number of para-hydroxylation sites is 2. The zero-order valence-electron chi connectivity index (χ0n) is 17.6. The van der Waals surface area contributed by atoms with E-state index >= 15 is 0 Å². The number of benzene rings is 3. The van der Waals surface area contributed by atoms with Gasteiger partial charge in [-0.1, -0.05) is 41.4 Å². The van der Waals surface area contributed by atoms with Gasteiger partial charge >= 0.3 is 0 Å². The maximum atomic E-state index is 9.73. The van der Waals surface area contributed by atoms with Crippen molar-refractivity contribution in [2.24, 2.45) is 0 Å². The molecule has 0 aliphatic heterocycles. The standard InChI is InChI=1S/C25H18Cl2IN3O2/c1-32-24-10-16(8-17(12-29)13-31-15-30-22-4-2-3-5-23(22)31)9-21(28)25(24)33-14-18-6-7-19(26)11-20(18)27/h2-11,15H,13-14H2,1H3/b17-8-. The molecule has 0 atom stereocenters. The van der Waals surface area contributed by atoms with E-state index in [0.29, 0.717) is 33.7 Å². The fourth-order valence-corrected chi connectivity index (χ4v) is 4.63. The molecule has 4 rings (SSSR count). The Balaban J connectivity index is 1.58. The van der Waals surface area contributed by atoms with Crippen LogP contribution in [0.1, 0.15) is 11.1 Å². The fourth-order valence-electron chi connectivity index (χ4n) is 3.39. The largest absolute Gasteiger partial charge is 0.493 e. The summed E-state index contributed by atoms with van der Waals surface area (Å²) in [6.45, 7) is 0.692. The molecule has 0 fully saturated rings. The molecule has 0 N–H and O–H groups in total. The van der Waals surface area contributed by atoms with E-state index in [9.17, 15) is 5.26 Å². The summed E-state index contributed by atoms with van der Waals surface area (Å²) in [4.78, 5) is 4.39. The number of aromatic nitrogens is 2. The number of imidazole rings is 1. The van der Waals surface area contributed by atoms with E-state index in [1.807, 2.05) is 53.1 Å². The number of rotatable bonds is 7. The predicted octanol–water partition coefficient (Wildman–Crippen LogP) is 7.14. The zero-order valence-corrected chi connectivity index (χ0v) is 21.2. The molecule has 3 aromatic carbocycles. The highest BCUT2D eigenvalue weighted by atomic mass is 127. The second-order valence-corrected chi connectivity index (χ2v) is 9.21. The molecule has 1 heterocycles. The molecule has 5 nitrogen and oxygen atoms in total. The van der Waals surface area contributed by atoms with Crippen LogP contribution in [0.3, 0.4) is 0 Å². The third-order valence-electron chi connectivity index (χ3n) is 4.99. The molecule has 0 bridgehead atoms. The molecule has 166 valence electrons. The molecule has 0 spiro atoms. The van der Waals surface area contributed by atoms with Crippen LogP contribution in [0, 0.1) is 14.9 Å². The Morgan fingerprint density at radius 2 is 2.00 bits per heavy atom. The van der Waals surface area contributed by atoms with Gasteiger partial charge in [-0.05, 0) is 70.6 Å². The average Bonchev–Trinajstić information content (AvgIpc) is 3.21. The van der Waals surface area contributed by atoms with Crippen LogP contribution in [-0.4, -0.2) is 16.7 Å². The lowest BCUT2D eigenvalue weighted by molar-refractivity contribution is 0.282. The molecule has 0 saturated carbocycles. The van der Waals surface area contributed by atoms with Crippen molar-refractivity contribution in [3.63, 3.8) is 0 Å². The lowest BCUT2D eigenvalue weighted by Gasteiger charge is -2.14. The molecule has 0 radical (unpaired) electrons. The van der Waals surface area contributed by atoms with Crippen LogP contribution in [0.5, 0.6) is 11.5 Å². The number of hydrogen-bond acceptors (Lipinski definition) is 4. The van der Waals surface area contributed by atoms with Crippen molar-refractivity contribution in [3.8, 4) is 17.6 Å². The van der Waals surface area contributed by atoms with Crippen LogP contribution in [-0.2, 0) is 13.2 Å². The van der Waals surface area contributed by atoms with Crippen LogP contribution in [0.15, 0.2) is 66.5 Å².